The Balaban J connectivity index is 1.23. The highest BCUT2D eigenvalue weighted by molar-refractivity contribution is 5.99. The normalized spacial score (nSPS) is 20.9. The van der Waals surface area contributed by atoms with Crippen LogP contribution in [-0.2, 0) is 6.54 Å². The van der Waals surface area contributed by atoms with Crippen LogP contribution in [0.15, 0.2) is 91.0 Å². The molecule has 0 unspecified atom stereocenters. The van der Waals surface area contributed by atoms with Crippen molar-refractivity contribution in [1.82, 2.24) is 14.7 Å². The van der Waals surface area contributed by atoms with E-state index in [1.54, 1.807) is 4.90 Å². The van der Waals surface area contributed by atoms with Crippen molar-refractivity contribution in [3.05, 3.63) is 96.6 Å². The highest BCUT2D eigenvalue weighted by Gasteiger charge is 2.46. The Morgan fingerprint density at radius 2 is 1.19 bits per heavy atom. The van der Waals surface area contributed by atoms with Crippen molar-refractivity contribution >= 4 is 23.4 Å². The number of urea groups is 2. The average Bonchev–Trinajstić information content (AvgIpc) is 3.78. The number of benzene rings is 3. The van der Waals surface area contributed by atoms with Crippen molar-refractivity contribution in [1.29, 1.82) is 0 Å². The molecule has 1 saturated carbocycles. The third-order valence-electron chi connectivity index (χ3n) is 7.86. The first-order valence-electron chi connectivity index (χ1n) is 13.5. The van der Waals surface area contributed by atoms with E-state index in [1.807, 2.05) is 83.8 Å². The van der Waals surface area contributed by atoms with Crippen LogP contribution in [0.2, 0.25) is 0 Å². The molecule has 2 heterocycles. The number of fused-ring (bicyclic) bond motifs is 2. The first-order chi connectivity index (χ1) is 18.2. The molecule has 1 aliphatic carbocycles. The van der Waals surface area contributed by atoms with E-state index in [1.165, 1.54) is 5.56 Å². The quantitative estimate of drug-likeness (QED) is 0.420. The summed E-state index contributed by atoms with van der Waals surface area (Å²) in [5, 5.41) is 0. The molecule has 4 amide bonds. The molecule has 3 fully saturated rings. The molecule has 0 radical (unpaired) electrons. The van der Waals surface area contributed by atoms with Gasteiger partial charge in [-0.25, -0.2) is 9.59 Å². The van der Waals surface area contributed by atoms with E-state index < -0.39 is 0 Å². The van der Waals surface area contributed by atoms with Crippen LogP contribution >= 0.6 is 0 Å². The molecule has 6 heteroatoms. The summed E-state index contributed by atoms with van der Waals surface area (Å²) in [5.74, 6) is 0. The zero-order chi connectivity index (χ0) is 25.2. The lowest BCUT2D eigenvalue weighted by molar-refractivity contribution is 0.0199. The Labute approximate surface area is 219 Å². The maximum Gasteiger partial charge on any atom is 0.329 e. The van der Waals surface area contributed by atoms with E-state index in [0.29, 0.717) is 25.7 Å². The van der Waals surface area contributed by atoms with Crippen LogP contribution in [0.5, 0.6) is 0 Å². The largest absolute Gasteiger partial charge is 0.329 e. The lowest BCUT2D eigenvalue weighted by Gasteiger charge is -2.51. The van der Waals surface area contributed by atoms with Gasteiger partial charge in [-0.2, -0.15) is 0 Å². The summed E-state index contributed by atoms with van der Waals surface area (Å²) in [6.45, 7) is 1.79. The highest BCUT2D eigenvalue weighted by Crippen LogP contribution is 2.36. The number of hydrogen-bond donors (Lipinski definition) is 0. The summed E-state index contributed by atoms with van der Waals surface area (Å²) >= 11 is 0. The topological polar surface area (TPSA) is 47.1 Å². The third kappa shape index (κ3) is 4.93. The van der Waals surface area contributed by atoms with Gasteiger partial charge >= 0.3 is 12.1 Å². The number of rotatable bonds is 5. The SMILES string of the molecule is O=C(N1C[C@H]2CCC[C@@H](C1)N2C(=O)N(Cc1ccccc1)C1CC1)N(c1ccccc1)c1ccccc1. The van der Waals surface area contributed by atoms with Crippen molar-refractivity contribution < 1.29 is 9.59 Å². The Bertz CT molecular complexity index is 1160. The van der Waals surface area contributed by atoms with Crippen LogP contribution in [0.1, 0.15) is 37.7 Å². The highest BCUT2D eigenvalue weighted by atomic mass is 16.2. The van der Waals surface area contributed by atoms with E-state index >= 15 is 0 Å². The number of likely N-dealkylation sites (tertiary alicyclic amines) is 1. The fourth-order valence-corrected chi connectivity index (χ4v) is 5.91. The van der Waals surface area contributed by atoms with Crippen LogP contribution < -0.4 is 4.90 Å². The van der Waals surface area contributed by atoms with Gasteiger partial charge in [0.15, 0.2) is 0 Å². The van der Waals surface area contributed by atoms with E-state index in [4.69, 9.17) is 0 Å². The molecule has 0 spiro atoms. The smallest absolute Gasteiger partial charge is 0.320 e. The number of para-hydroxylation sites is 2. The first-order valence-corrected chi connectivity index (χ1v) is 13.5. The van der Waals surface area contributed by atoms with Crippen LogP contribution in [-0.4, -0.2) is 58.0 Å². The third-order valence-corrected chi connectivity index (χ3v) is 7.86. The molecule has 6 rings (SSSR count). The molecule has 2 saturated heterocycles. The number of amides is 4. The molecule has 2 atom stereocenters. The predicted molar refractivity (Wildman–Crippen MR) is 146 cm³/mol. The van der Waals surface area contributed by atoms with Gasteiger partial charge in [0.1, 0.15) is 0 Å². The summed E-state index contributed by atoms with van der Waals surface area (Å²) < 4.78 is 0. The van der Waals surface area contributed by atoms with E-state index in [9.17, 15) is 9.59 Å². The molecule has 2 bridgehead atoms. The molecule has 3 aromatic rings. The van der Waals surface area contributed by atoms with Crippen LogP contribution in [0.3, 0.4) is 0 Å². The van der Waals surface area contributed by atoms with Crippen molar-refractivity contribution in [2.75, 3.05) is 18.0 Å². The number of anilines is 2. The molecule has 6 nitrogen and oxygen atoms in total. The Kier molecular flexibility index (Phi) is 6.56. The minimum atomic E-state index is -0.0234. The van der Waals surface area contributed by atoms with Crippen LogP contribution in [0, 0.1) is 0 Å². The zero-order valence-corrected chi connectivity index (χ0v) is 21.2. The number of piperazine rings is 1. The van der Waals surface area contributed by atoms with Crippen LogP contribution in [0.4, 0.5) is 21.0 Å². The number of carbonyl (C=O) groups excluding carboxylic acids is 2. The Morgan fingerprint density at radius 1 is 0.676 bits per heavy atom. The number of piperidine rings is 1. The Hall–Kier alpha value is -3.80. The van der Waals surface area contributed by atoms with Gasteiger partial charge in [-0.15, -0.1) is 0 Å². The monoisotopic (exact) mass is 494 g/mol. The summed E-state index contributed by atoms with van der Waals surface area (Å²) in [6.07, 6.45) is 5.13. The molecule has 190 valence electrons. The Morgan fingerprint density at radius 3 is 1.70 bits per heavy atom. The van der Waals surface area contributed by atoms with Gasteiger partial charge in [0.05, 0.1) is 23.5 Å². The summed E-state index contributed by atoms with van der Waals surface area (Å²) in [7, 11) is 0. The predicted octanol–water partition coefficient (Wildman–Crippen LogP) is 6.27. The first kappa shape index (κ1) is 23.6. The van der Waals surface area contributed by atoms with Crippen molar-refractivity contribution in [3.63, 3.8) is 0 Å². The maximum atomic E-state index is 14.0. The van der Waals surface area contributed by atoms with Crippen LogP contribution in [0.25, 0.3) is 0 Å². The maximum absolute atomic E-state index is 14.0. The van der Waals surface area contributed by atoms with Gasteiger partial charge in [-0.05, 0) is 61.9 Å². The minimum Gasteiger partial charge on any atom is -0.320 e. The molecule has 2 aliphatic heterocycles. The molecular formula is C31H34N4O2. The molecular weight excluding hydrogens is 460 g/mol. The standard InChI is InChI=1S/C31H34N4O2/c36-30(34(26-13-6-2-7-14-26)27-15-8-3-9-16-27)32-22-28-17-10-18-29(23-32)35(28)31(37)33(25-19-20-25)21-24-11-4-1-5-12-24/h1-9,11-16,25,28-29H,10,17-23H2/t28-,29+. The van der Waals surface area contributed by atoms with Gasteiger partial charge in [0, 0.05) is 25.7 Å². The lowest BCUT2D eigenvalue weighted by atomic mass is 9.91. The van der Waals surface area contributed by atoms with Gasteiger partial charge in [-0.1, -0.05) is 66.7 Å². The summed E-state index contributed by atoms with van der Waals surface area (Å²) in [4.78, 5) is 36.0. The molecule has 0 aromatic heterocycles. The zero-order valence-electron chi connectivity index (χ0n) is 21.2. The van der Waals surface area contributed by atoms with E-state index in [2.05, 4.69) is 21.9 Å². The lowest BCUT2D eigenvalue weighted by Crippen LogP contribution is -2.66. The molecule has 3 aliphatic rings. The average molecular weight is 495 g/mol. The number of hydrogen-bond acceptors (Lipinski definition) is 2. The molecule has 37 heavy (non-hydrogen) atoms. The van der Waals surface area contributed by atoms with Gasteiger partial charge < -0.3 is 14.7 Å². The fraction of sp³-hybridized carbons (Fsp3) is 0.355. The number of nitrogens with zero attached hydrogens (tertiary/aromatic N) is 4. The second-order valence-electron chi connectivity index (χ2n) is 10.5. The summed E-state index contributed by atoms with van der Waals surface area (Å²) in [5.41, 5.74) is 2.87. The van der Waals surface area contributed by atoms with Gasteiger partial charge in [-0.3, -0.25) is 4.90 Å². The number of carbonyl (C=O) groups is 2. The van der Waals surface area contributed by atoms with E-state index in [0.717, 1.165) is 43.5 Å². The van der Waals surface area contributed by atoms with Crippen molar-refractivity contribution in [3.8, 4) is 0 Å². The van der Waals surface area contributed by atoms with Gasteiger partial charge in [0.25, 0.3) is 0 Å². The second kappa shape index (κ2) is 10.3. The minimum absolute atomic E-state index is 0.0234. The molecule has 0 N–H and O–H groups in total. The van der Waals surface area contributed by atoms with Crippen molar-refractivity contribution in [2.45, 2.75) is 56.8 Å². The van der Waals surface area contributed by atoms with Gasteiger partial charge in [0.2, 0.25) is 0 Å². The van der Waals surface area contributed by atoms with E-state index in [-0.39, 0.29) is 24.1 Å². The second-order valence-corrected chi connectivity index (χ2v) is 10.5. The fourth-order valence-electron chi connectivity index (χ4n) is 5.91. The summed E-state index contributed by atoms with van der Waals surface area (Å²) in [6, 6.07) is 30.5. The van der Waals surface area contributed by atoms with Crippen molar-refractivity contribution in [2.24, 2.45) is 0 Å². The molecule has 3 aromatic carbocycles.